The molecule has 0 N–H and O–H groups in total. The van der Waals surface area contributed by atoms with Gasteiger partial charge in [-0.3, -0.25) is 9.69 Å². The molecular formula is C18H28N2O3S. The zero-order chi connectivity index (χ0) is 17.9. The van der Waals surface area contributed by atoms with Gasteiger partial charge >= 0.3 is 0 Å². The van der Waals surface area contributed by atoms with Gasteiger partial charge in [-0.1, -0.05) is 31.2 Å². The molecule has 5 nitrogen and oxygen atoms in total. The Morgan fingerprint density at radius 1 is 1.21 bits per heavy atom. The fraction of sp³-hybridized carbons (Fsp3) is 0.611. The lowest BCUT2D eigenvalue weighted by Crippen LogP contribution is -2.48. The lowest BCUT2D eigenvalue weighted by atomic mass is 10.1. The first-order valence-corrected chi connectivity index (χ1v) is 10.3. The maximum atomic E-state index is 12.7. The molecule has 0 aromatic heterocycles. The molecule has 2 atom stereocenters. The number of sulfone groups is 1. The average molecular weight is 353 g/mol. The Morgan fingerprint density at radius 3 is 2.29 bits per heavy atom. The lowest BCUT2D eigenvalue weighted by Gasteiger charge is -2.31. The van der Waals surface area contributed by atoms with Crippen molar-refractivity contribution < 1.29 is 13.2 Å². The molecule has 1 amide bonds. The Kier molecular flexibility index (Phi) is 6.04. The maximum absolute atomic E-state index is 12.7. The molecule has 0 radical (unpaired) electrons. The minimum Gasteiger partial charge on any atom is -0.340 e. The van der Waals surface area contributed by atoms with Crippen LogP contribution in [-0.4, -0.2) is 61.8 Å². The van der Waals surface area contributed by atoms with Crippen molar-refractivity contribution in [3.8, 4) is 0 Å². The maximum Gasteiger partial charge on any atom is 0.239 e. The fourth-order valence-electron chi connectivity index (χ4n) is 3.05. The average Bonchev–Trinajstić information content (AvgIpc) is 2.93. The largest absolute Gasteiger partial charge is 0.340 e. The van der Waals surface area contributed by atoms with Gasteiger partial charge < -0.3 is 4.90 Å². The molecule has 1 aliphatic rings. The molecule has 1 heterocycles. The van der Waals surface area contributed by atoms with Crippen LogP contribution < -0.4 is 0 Å². The highest BCUT2D eigenvalue weighted by molar-refractivity contribution is 7.91. The quantitative estimate of drug-likeness (QED) is 0.782. The molecule has 0 spiro atoms. The van der Waals surface area contributed by atoms with Crippen LogP contribution in [0.2, 0.25) is 0 Å². The molecule has 2 unspecified atom stereocenters. The van der Waals surface area contributed by atoms with Crippen molar-refractivity contribution in [1.29, 1.82) is 0 Å². The van der Waals surface area contributed by atoms with Crippen LogP contribution in [0.3, 0.4) is 0 Å². The van der Waals surface area contributed by atoms with Gasteiger partial charge in [-0.15, -0.1) is 0 Å². The number of likely N-dealkylation sites (N-methyl/N-ethyl adjacent to an activating group) is 2. The number of carbonyl (C=O) groups is 1. The van der Waals surface area contributed by atoms with E-state index < -0.39 is 9.84 Å². The van der Waals surface area contributed by atoms with E-state index in [9.17, 15) is 13.2 Å². The van der Waals surface area contributed by atoms with Gasteiger partial charge in [0.25, 0.3) is 0 Å². The van der Waals surface area contributed by atoms with Gasteiger partial charge in [0, 0.05) is 19.6 Å². The zero-order valence-electron chi connectivity index (χ0n) is 15.0. The molecule has 0 bridgehead atoms. The van der Waals surface area contributed by atoms with Gasteiger partial charge in [-0.25, -0.2) is 8.42 Å². The second-order valence-corrected chi connectivity index (χ2v) is 9.00. The molecule has 2 rings (SSSR count). The Morgan fingerprint density at radius 2 is 1.79 bits per heavy atom. The van der Waals surface area contributed by atoms with Gasteiger partial charge in [0.05, 0.1) is 17.5 Å². The molecule has 0 saturated carbocycles. The van der Waals surface area contributed by atoms with Gasteiger partial charge in [0.1, 0.15) is 0 Å². The number of aryl methyl sites for hydroxylation is 1. The van der Waals surface area contributed by atoms with Crippen LogP contribution in [0.25, 0.3) is 0 Å². The minimum atomic E-state index is -2.98. The van der Waals surface area contributed by atoms with Crippen molar-refractivity contribution in [2.45, 2.75) is 45.3 Å². The predicted molar refractivity (Wildman–Crippen MR) is 96.6 cm³/mol. The van der Waals surface area contributed by atoms with Gasteiger partial charge in [0.2, 0.25) is 5.91 Å². The van der Waals surface area contributed by atoms with Crippen LogP contribution in [0.4, 0.5) is 0 Å². The lowest BCUT2D eigenvalue weighted by molar-refractivity contribution is -0.136. The summed E-state index contributed by atoms with van der Waals surface area (Å²) >= 11 is 0. The number of rotatable bonds is 6. The third-order valence-electron chi connectivity index (χ3n) is 4.99. The van der Waals surface area contributed by atoms with E-state index in [1.165, 1.54) is 11.1 Å². The molecular weight excluding hydrogens is 324 g/mol. The summed E-state index contributed by atoms with van der Waals surface area (Å²) < 4.78 is 23.2. The predicted octanol–water partition coefficient (Wildman–Crippen LogP) is 1.71. The van der Waals surface area contributed by atoms with Crippen molar-refractivity contribution in [3.63, 3.8) is 0 Å². The van der Waals surface area contributed by atoms with E-state index in [1.54, 1.807) is 11.9 Å². The smallest absolute Gasteiger partial charge is 0.239 e. The summed E-state index contributed by atoms with van der Waals surface area (Å²) in [5.74, 6) is 0.248. The number of carbonyl (C=O) groups excluding carboxylic acids is 1. The van der Waals surface area contributed by atoms with Gasteiger partial charge in [0.15, 0.2) is 9.84 Å². The van der Waals surface area contributed by atoms with Gasteiger partial charge in [-0.2, -0.15) is 0 Å². The zero-order valence-corrected chi connectivity index (χ0v) is 15.8. The summed E-state index contributed by atoms with van der Waals surface area (Å²) in [5, 5.41) is 0. The molecule has 0 aliphatic carbocycles. The van der Waals surface area contributed by atoms with E-state index in [2.05, 4.69) is 31.2 Å². The third kappa shape index (κ3) is 4.57. The highest BCUT2D eigenvalue weighted by atomic mass is 32.2. The van der Waals surface area contributed by atoms with Crippen LogP contribution in [0.5, 0.6) is 0 Å². The molecule has 6 heteroatoms. The van der Waals surface area contributed by atoms with Crippen molar-refractivity contribution >= 4 is 15.7 Å². The van der Waals surface area contributed by atoms with Crippen molar-refractivity contribution in [2.75, 3.05) is 25.6 Å². The minimum absolute atomic E-state index is 0.0234. The number of hydrogen-bond acceptors (Lipinski definition) is 4. The molecule has 1 aliphatic heterocycles. The summed E-state index contributed by atoms with van der Waals surface area (Å²) in [6.45, 7) is 4.69. The van der Waals surface area contributed by atoms with E-state index >= 15 is 0 Å². The Bertz CT molecular complexity index is 670. The van der Waals surface area contributed by atoms with Crippen LogP contribution in [-0.2, 0) is 27.6 Å². The molecule has 1 saturated heterocycles. The van der Waals surface area contributed by atoms with E-state index in [0.29, 0.717) is 13.0 Å². The van der Waals surface area contributed by atoms with Crippen LogP contribution >= 0.6 is 0 Å². The molecule has 1 aromatic carbocycles. The topological polar surface area (TPSA) is 57.7 Å². The number of hydrogen-bond donors (Lipinski definition) is 0. The standard InChI is InChI=1S/C18H28N2O3S/c1-5-15-6-8-16(9-7-15)12-19(3)14(2)18(21)20(4)17-10-11-24(22,23)13-17/h6-9,14,17H,5,10-13H2,1-4H3. The van der Waals surface area contributed by atoms with E-state index in [-0.39, 0.29) is 29.5 Å². The summed E-state index contributed by atoms with van der Waals surface area (Å²) in [7, 11) is 0.660. The molecule has 24 heavy (non-hydrogen) atoms. The second kappa shape index (κ2) is 7.66. The first kappa shape index (κ1) is 18.9. The summed E-state index contributed by atoms with van der Waals surface area (Å²) in [5.41, 5.74) is 2.47. The Labute approximate surface area is 145 Å². The number of benzene rings is 1. The highest BCUT2D eigenvalue weighted by Crippen LogP contribution is 2.18. The number of nitrogens with zero attached hydrogens (tertiary/aromatic N) is 2. The number of amides is 1. The van der Waals surface area contributed by atoms with E-state index in [1.807, 2.05) is 18.9 Å². The monoisotopic (exact) mass is 352 g/mol. The molecule has 134 valence electrons. The van der Waals surface area contributed by atoms with E-state index in [0.717, 1.165) is 6.42 Å². The first-order valence-electron chi connectivity index (χ1n) is 8.48. The highest BCUT2D eigenvalue weighted by Gasteiger charge is 2.34. The summed E-state index contributed by atoms with van der Waals surface area (Å²) in [6, 6.07) is 7.95. The second-order valence-electron chi connectivity index (χ2n) is 6.77. The van der Waals surface area contributed by atoms with Crippen LogP contribution in [0, 0.1) is 0 Å². The Balaban J connectivity index is 1.95. The fourth-order valence-corrected chi connectivity index (χ4v) is 4.82. The third-order valence-corrected chi connectivity index (χ3v) is 6.74. The molecule has 1 fully saturated rings. The van der Waals surface area contributed by atoms with Crippen molar-refractivity contribution in [2.24, 2.45) is 0 Å². The van der Waals surface area contributed by atoms with Gasteiger partial charge in [-0.05, 0) is 37.9 Å². The first-order chi connectivity index (χ1) is 11.2. The van der Waals surface area contributed by atoms with E-state index in [4.69, 9.17) is 0 Å². The van der Waals surface area contributed by atoms with Crippen molar-refractivity contribution in [3.05, 3.63) is 35.4 Å². The summed E-state index contributed by atoms with van der Waals surface area (Å²) in [4.78, 5) is 16.3. The summed E-state index contributed by atoms with van der Waals surface area (Å²) in [6.07, 6.45) is 1.56. The normalized spacial score (nSPS) is 21.0. The SMILES string of the molecule is CCc1ccc(CN(C)C(C)C(=O)N(C)C2CCS(=O)(=O)C2)cc1. The van der Waals surface area contributed by atoms with Crippen LogP contribution in [0.1, 0.15) is 31.4 Å². The van der Waals surface area contributed by atoms with Crippen LogP contribution in [0.15, 0.2) is 24.3 Å². The Hall–Kier alpha value is -1.40. The molecule has 1 aromatic rings. The van der Waals surface area contributed by atoms with Crippen molar-refractivity contribution in [1.82, 2.24) is 9.80 Å².